The van der Waals surface area contributed by atoms with E-state index < -0.39 is 0 Å². The van der Waals surface area contributed by atoms with E-state index in [1.165, 1.54) is 12.8 Å². The minimum atomic E-state index is -0.154. The Morgan fingerprint density at radius 2 is 1.62 bits per heavy atom. The molecule has 2 aromatic rings. The van der Waals surface area contributed by atoms with Crippen molar-refractivity contribution in [2.45, 2.75) is 45.1 Å². The van der Waals surface area contributed by atoms with Crippen LogP contribution < -0.4 is 0 Å². The van der Waals surface area contributed by atoms with Gasteiger partial charge in [-0.15, -0.1) is 0 Å². The first-order chi connectivity index (χ1) is 13.7. The number of carbonyl (C=O) groups excluding carboxylic acids is 2. The molecular formula is C22H27ClN4O2. The number of rotatable bonds is 3. The lowest BCUT2D eigenvalue weighted by Gasteiger charge is -2.34. The zero-order valence-corrected chi connectivity index (χ0v) is 17.9. The van der Waals surface area contributed by atoms with Crippen LogP contribution in [0, 0.1) is 0 Å². The van der Waals surface area contributed by atoms with Crippen LogP contribution in [-0.2, 0) is 5.54 Å². The third kappa shape index (κ3) is 4.17. The number of hydrogen-bond donors (Lipinski definition) is 0. The maximum Gasteiger partial charge on any atom is 0.274 e. The lowest BCUT2D eigenvalue weighted by atomic mass is 10.1. The number of piperazine rings is 1. The van der Waals surface area contributed by atoms with E-state index in [1.807, 2.05) is 10.7 Å². The van der Waals surface area contributed by atoms with Crippen LogP contribution in [0.4, 0.5) is 0 Å². The van der Waals surface area contributed by atoms with Crippen molar-refractivity contribution in [3.05, 3.63) is 52.3 Å². The SMILES string of the molecule is CC(C)(C)n1nc(C(=O)N2CCN(C(=O)c3cccc(Cl)c3)CC2)cc1C1CC1. The summed E-state index contributed by atoms with van der Waals surface area (Å²) in [6.07, 6.45) is 2.33. The summed E-state index contributed by atoms with van der Waals surface area (Å²) < 4.78 is 2.01. The van der Waals surface area contributed by atoms with Crippen molar-refractivity contribution >= 4 is 23.4 Å². The quantitative estimate of drug-likeness (QED) is 0.768. The molecule has 2 heterocycles. The summed E-state index contributed by atoms with van der Waals surface area (Å²) >= 11 is 6.00. The van der Waals surface area contributed by atoms with Crippen LogP contribution >= 0.6 is 11.6 Å². The van der Waals surface area contributed by atoms with E-state index in [9.17, 15) is 9.59 Å². The molecule has 1 aliphatic carbocycles. The van der Waals surface area contributed by atoms with E-state index >= 15 is 0 Å². The lowest BCUT2D eigenvalue weighted by molar-refractivity contribution is 0.0531. The molecule has 6 nitrogen and oxygen atoms in total. The largest absolute Gasteiger partial charge is 0.335 e. The molecule has 0 N–H and O–H groups in total. The minimum Gasteiger partial charge on any atom is -0.335 e. The van der Waals surface area contributed by atoms with E-state index in [2.05, 4.69) is 25.9 Å². The first-order valence-electron chi connectivity index (χ1n) is 10.2. The molecule has 154 valence electrons. The monoisotopic (exact) mass is 414 g/mol. The first-order valence-corrected chi connectivity index (χ1v) is 10.6. The second kappa shape index (κ2) is 7.48. The molecule has 29 heavy (non-hydrogen) atoms. The van der Waals surface area contributed by atoms with Crippen LogP contribution in [-0.4, -0.2) is 57.6 Å². The number of aromatic nitrogens is 2. The summed E-state index contributed by atoms with van der Waals surface area (Å²) in [5.41, 5.74) is 2.10. The Morgan fingerprint density at radius 3 is 2.17 bits per heavy atom. The van der Waals surface area contributed by atoms with E-state index in [0.29, 0.717) is 48.4 Å². The molecule has 7 heteroatoms. The molecule has 1 aromatic heterocycles. The van der Waals surface area contributed by atoms with Gasteiger partial charge in [0.2, 0.25) is 0 Å². The zero-order valence-electron chi connectivity index (χ0n) is 17.2. The van der Waals surface area contributed by atoms with Crippen molar-refractivity contribution in [1.29, 1.82) is 0 Å². The Balaban J connectivity index is 1.44. The molecule has 1 aliphatic heterocycles. The van der Waals surface area contributed by atoms with Crippen LogP contribution in [0.5, 0.6) is 0 Å². The topological polar surface area (TPSA) is 58.4 Å². The molecule has 2 amide bonds. The molecule has 0 radical (unpaired) electrons. The molecule has 0 spiro atoms. The van der Waals surface area contributed by atoms with Crippen LogP contribution in [0.2, 0.25) is 5.02 Å². The second-order valence-corrected chi connectivity index (χ2v) is 9.34. The number of halogens is 1. The van der Waals surface area contributed by atoms with Gasteiger partial charge in [-0.1, -0.05) is 17.7 Å². The molecular weight excluding hydrogens is 388 g/mol. The first kappa shape index (κ1) is 20.0. The molecule has 0 atom stereocenters. The maximum atomic E-state index is 13.1. The summed E-state index contributed by atoms with van der Waals surface area (Å²) in [7, 11) is 0. The number of nitrogens with zero attached hydrogens (tertiary/aromatic N) is 4. The number of carbonyl (C=O) groups is 2. The van der Waals surface area contributed by atoms with Gasteiger partial charge >= 0.3 is 0 Å². The van der Waals surface area contributed by atoms with Gasteiger partial charge in [-0.3, -0.25) is 14.3 Å². The lowest BCUT2D eigenvalue weighted by Crippen LogP contribution is -2.50. The molecule has 2 fully saturated rings. The summed E-state index contributed by atoms with van der Waals surface area (Å²) in [5.74, 6) is 0.424. The summed E-state index contributed by atoms with van der Waals surface area (Å²) in [4.78, 5) is 29.3. The van der Waals surface area contributed by atoms with Crippen molar-refractivity contribution in [3.63, 3.8) is 0 Å². The number of hydrogen-bond acceptors (Lipinski definition) is 3. The van der Waals surface area contributed by atoms with Crippen LogP contribution in [0.1, 0.15) is 66.1 Å². The van der Waals surface area contributed by atoms with Gasteiger partial charge in [-0.25, -0.2) is 0 Å². The standard InChI is InChI=1S/C22H27ClN4O2/c1-22(2,3)27-19(15-7-8-15)14-18(24-27)21(29)26-11-9-25(10-12-26)20(28)16-5-4-6-17(23)13-16/h4-6,13-15H,7-12H2,1-3H3. The van der Waals surface area contributed by atoms with Crippen molar-refractivity contribution < 1.29 is 9.59 Å². The molecule has 4 rings (SSSR count). The Bertz CT molecular complexity index is 935. The fourth-order valence-corrected chi connectivity index (χ4v) is 3.98. The normalized spacial score (nSPS) is 17.5. The van der Waals surface area contributed by atoms with Crippen LogP contribution in [0.25, 0.3) is 0 Å². The van der Waals surface area contributed by atoms with E-state index in [4.69, 9.17) is 11.6 Å². The van der Waals surface area contributed by atoms with Gasteiger partial charge < -0.3 is 9.80 Å². The van der Waals surface area contributed by atoms with Crippen molar-refractivity contribution in [2.24, 2.45) is 0 Å². The van der Waals surface area contributed by atoms with Gasteiger partial charge in [0.25, 0.3) is 11.8 Å². The molecule has 1 saturated carbocycles. The van der Waals surface area contributed by atoms with Crippen LogP contribution in [0.3, 0.4) is 0 Å². The van der Waals surface area contributed by atoms with Gasteiger partial charge in [0.1, 0.15) is 0 Å². The van der Waals surface area contributed by atoms with Crippen molar-refractivity contribution in [3.8, 4) is 0 Å². The predicted octanol–water partition coefficient (Wildman–Crippen LogP) is 3.77. The van der Waals surface area contributed by atoms with Gasteiger partial charge in [0, 0.05) is 48.4 Å². The fourth-order valence-electron chi connectivity index (χ4n) is 3.79. The number of amides is 2. The zero-order chi connectivity index (χ0) is 20.8. The summed E-state index contributed by atoms with van der Waals surface area (Å²) in [6, 6.07) is 8.94. The van der Waals surface area contributed by atoms with Crippen molar-refractivity contribution in [2.75, 3.05) is 26.2 Å². The van der Waals surface area contributed by atoms with E-state index in [0.717, 1.165) is 5.69 Å². The molecule has 1 aromatic carbocycles. The Labute approximate surface area is 176 Å². The van der Waals surface area contributed by atoms with Crippen LogP contribution in [0.15, 0.2) is 30.3 Å². The molecule has 1 saturated heterocycles. The highest BCUT2D eigenvalue weighted by molar-refractivity contribution is 6.30. The number of benzene rings is 1. The Morgan fingerprint density at radius 1 is 1.00 bits per heavy atom. The van der Waals surface area contributed by atoms with Gasteiger partial charge in [-0.2, -0.15) is 5.10 Å². The van der Waals surface area contributed by atoms with Crippen molar-refractivity contribution in [1.82, 2.24) is 19.6 Å². The average molecular weight is 415 g/mol. The Hall–Kier alpha value is -2.34. The summed E-state index contributed by atoms with van der Waals surface area (Å²) in [6.45, 7) is 8.36. The predicted molar refractivity (Wildman–Crippen MR) is 112 cm³/mol. The maximum absolute atomic E-state index is 13.1. The molecule has 2 aliphatic rings. The molecule has 0 unspecified atom stereocenters. The average Bonchev–Trinajstić information content (AvgIpc) is 3.44. The highest BCUT2D eigenvalue weighted by Gasteiger charge is 2.34. The molecule has 0 bridgehead atoms. The van der Waals surface area contributed by atoms with Gasteiger partial charge in [0.05, 0.1) is 5.54 Å². The third-order valence-corrected chi connectivity index (χ3v) is 5.75. The minimum absolute atomic E-state index is 0.0485. The highest BCUT2D eigenvalue weighted by atomic mass is 35.5. The fraction of sp³-hybridized carbons (Fsp3) is 0.500. The van der Waals surface area contributed by atoms with E-state index in [-0.39, 0.29) is 17.4 Å². The summed E-state index contributed by atoms with van der Waals surface area (Å²) in [5, 5.41) is 5.21. The van der Waals surface area contributed by atoms with Gasteiger partial charge in [-0.05, 0) is 57.9 Å². The Kier molecular flexibility index (Phi) is 5.15. The van der Waals surface area contributed by atoms with E-state index in [1.54, 1.807) is 34.1 Å². The smallest absolute Gasteiger partial charge is 0.274 e. The second-order valence-electron chi connectivity index (χ2n) is 8.91. The third-order valence-electron chi connectivity index (χ3n) is 5.51. The highest BCUT2D eigenvalue weighted by Crippen LogP contribution is 2.41. The van der Waals surface area contributed by atoms with Gasteiger partial charge in [0.15, 0.2) is 5.69 Å².